The molecule has 2 aliphatic rings. The van der Waals surface area contributed by atoms with Gasteiger partial charge < -0.3 is 19.7 Å². The standard InChI is InChI=1S/C21H25N3O5/c1-15(20(27)23-21(14-22)10-5-2-6-11-21)29-19(26)9-12-24-16-7-3-4-8-17(16)28-13-18(24)25/h3-4,7-8,15H,2,5-6,9-13H2,1H3,(H,23,27)/t15-/m1/s1. The molecule has 1 aromatic rings. The summed E-state index contributed by atoms with van der Waals surface area (Å²) in [4.78, 5) is 38.3. The average molecular weight is 399 g/mol. The number of nitriles is 1. The first-order valence-corrected chi connectivity index (χ1v) is 9.89. The number of para-hydroxylation sites is 2. The van der Waals surface area contributed by atoms with E-state index in [9.17, 15) is 19.6 Å². The molecule has 0 radical (unpaired) electrons. The number of rotatable bonds is 6. The molecule has 1 heterocycles. The van der Waals surface area contributed by atoms with E-state index >= 15 is 0 Å². The SMILES string of the molecule is C[C@@H](OC(=O)CCN1C(=O)COc2ccccc21)C(=O)NC1(C#N)CCCCC1. The molecule has 1 aliphatic heterocycles. The Bertz CT molecular complexity index is 826. The number of nitrogens with zero attached hydrogens (tertiary/aromatic N) is 2. The quantitative estimate of drug-likeness (QED) is 0.734. The van der Waals surface area contributed by atoms with Crippen LogP contribution in [-0.2, 0) is 19.1 Å². The van der Waals surface area contributed by atoms with E-state index in [1.807, 2.05) is 6.07 Å². The molecule has 0 bridgehead atoms. The summed E-state index contributed by atoms with van der Waals surface area (Å²) < 4.78 is 10.6. The van der Waals surface area contributed by atoms with Crippen LogP contribution in [0.15, 0.2) is 24.3 Å². The lowest BCUT2D eigenvalue weighted by Crippen LogP contribution is -2.52. The van der Waals surface area contributed by atoms with Crippen molar-refractivity contribution in [1.29, 1.82) is 5.26 Å². The Labute approximate surface area is 169 Å². The van der Waals surface area contributed by atoms with Gasteiger partial charge in [-0.1, -0.05) is 31.4 Å². The van der Waals surface area contributed by atoms with Crippen LogP contribution in [0.4, 0.5) is 5.69 Å². The van der Waals surface area contributed by atoms with Crippen molar-refractivity contribution >= 4 is 23.5 Å². The molecule has 1 aliphatic carbocycles. The lowest BCUT2D eigenvalue weighted by atomic mass is 9.83. The summed E-state index contributed by atoms with van der Waals surface area (Å²) in [5.74, 6) is -0.716. The molecule has 1 N–H and O–H groups in total. The average Bonchev–Trinajstić information content (AvgIpc) is 2.73. The first-order chi connectivity index (χ1) is 13.9. The molecule has 0 spiro atoms. The summed E-state index contributed by atoms with van der Waals surface area (Å²) in [6.07, 6.45) is 2.97. The number of fused-ring (bicyclic) bond motifs is 1. The molecule has 8 nitrogen and oxygen atoms in total. The highest BCUT2D eigenvalue weighted by Gasteiger charge is 2.35. The van der Waals surface area contributed by atoms with E-state index in [-0.39, 0.29) is 25.5 Å². The van der Waals surface area contributed by atoms with Gasteiger partial charge in [0.15, 0.2) is 12.7 Å². The third-order valence-corrected chi connectivity index (χ3v) is 5.31. The number of benzene rings is 1. The highest BCUT2D eigenvalue weighted by Crippen LogP contribution is 2.31. The summed E-state index contributed by atoms with van der Waals surface area (Å²) >= 11 is 0. The Balaban J connectivity index is 1.52. The number of carbonyl (C=O) groups excluding carboxylic acids is 3. The van der Waals surface area contributed by atoms with Gasteiger partial charge in [-0.2, -0.15) is 5.26 Å². The Morgan fingerprint density at radius 1 is 1.31 bits per heavy atom. The molecule has 8 heteroatoms. The highest BCUT2D eigenvalue weighted by atomic mass is 16.5. The third kappa shape index (κ3) is 4.86. The van der Waals surface area contributed by atoms with Gasteiger partial charge >= 0.3 is 5.97 Å². The van der Waals surface area contributed by atoms with Gasteiger partial charge in [-0.15, -0.1) is 0 Å². The van der Waals surface area contributed by atoms with Gasteiger partial charge in [0, 0.05) is 6.54 Å². The van der Waals surface area contributed by atoms with Crippen LogP contribution in [0, 0.1) is 11.3 Å². The Morgan fingerprint density at radius 3 is 2.76 bits per heavy atom. The first-order valence-electron chi connectivity index (χ1n) is 9.89. The van der Waals surface area contributed by atoms with Crippen LogP contribution in [-0.4, -0.2) is 42.6 Å². The number of anilines is 1. The van der Waals surface area contributed by atoms with Crippen LogP contribution in [0.3, 0.4) is 0 Å². The first kappa shape index (κ1) is 20.6. The van der Waals surface area contributed by atoms with Gasteiger partial charge in [0.05, 0.1) is 18.2 Å². The zero-order valence-corrected chi connectivity index (χ0v) is 16.5. The molecule has 2 amide bonds. The minimum Gasteiger partial charge on any atom is -0.482 e. The predicted molar refractivity (Wildman–Crippen MR) is 104 cm³/mol. The van der Waals surface area contributed by atoms with E-state index in [0.29, 0.717) is 24.3 Å². The minimum atomic E-state index is -1.01. The number of nitrogens with one attached hydrogen (secondary N) is 1. The Hall–Kier alpha value is -3.08. The lowest BCUT2D eigenvalue weighted by Gasteiger charge is -2.32. The summed E-state index contributed by atoms with van der Waals surface area (Å²) in [5, 5.41) is 12.2. The maximum absolute atomic E-state index is 12.4. The van der Waals surface area contributed by atoms with Crippen LogP contribution in [0.25, 0.3) is 0 Å². The molecule has 1 aromatic carbocycles. The third-order valence-electron chi connectivity index (χ3n) is 5.31. The molecule has 154 valence electrons. The summed E-state index contributed by atoms with van der Waals surface area (Å²) in [6.45, 7) is 1.53. The number of amides is 2. The van der Waals surface area contributed by atoms with E-state index in [4.69, 9.17) is 9.47 Å². The zero-order valence-electron chi connectivity index (χ0n) is 16.5. The van der Waals surface area contributed by atoms with E-state index < -0.39 is 23.5 Å². The van der Waals surface area contributed by atoms with E-state index in [1.165, 1.54) is 11.8 Å². The van der Waals surface area contributed by atoms with Gasteiger partial charge in [-0.05, 0) is 31.9 Å². The molecule has 0 saturated heterocycles. The van der Waals surface area contributed by atoms with E-state index in [2.05, 4.69) is 11.4 Å². The van der Waals surface area contributed by atoms with Crippen molar-refractivity contribution in [2.75, 3.05) is 18.1 Å². The summed E-state index contributed by atoms with van der Waals surface area (Å²) in [5.41, 5.74) is -0.268. The molecule has 3 rings (SSSR count). The largest absolute Gasteiger partial charge is 0.482 e. The summed E-state index contributed by atoms with van der Waals surface area (Å²) in [6, 6.07) is 9.31. The van der Waals surface area contributed by atoms with Crippen molar-refractivity contribution in [3.63, 3.8) is 0 Å². The van der Waals surface area contributed by atoms with Crippen molar-refractivity contribution in [3.8, 4) is 11.8 Å². The minimum absolute atomic E-state index is 0.0545. The number of esters is 1. The maximum atomic E-state index is 12.4. The van der Waals surface area contributed by atoms with Crippen LogP contribution in [0.2, 0.25) is 0 Å². The van der Waals surface area contributed by atoms with Crippen molar-refractivity contribution in [2.24, 2.45) is 0 Å². The van der Waals surface area contributed by atoms with Crippen molar-refractivity contribution in [2.45, 2.75) is 57.1 Å². The second kappa shape index (κ2) is 8.95. The van der Waals surface area contributed by atoms with Gasteiger partial charge in [0.25, 0.3) is 11.8 Å². The second-order valence-corrected chi connectivity index (χ2v) is 7.43. The summed E-state index contributed by atoms with van der Waals surface area (Å²) in [7, 11) is 0. The molecule has 0 unspecified atom stereocenters. The number of hydrogen-bond acceptors (Lipinski definition) is 6. The molecule has 1 atom stereocenters. The molecule has 29 heavy (non-hydrogen) atoms. The van der Waals surface area contributed by atoms with E-state index in [1.54, 1.807) is 18.2 Å². The smallest absolute Gasteiger partial charge is 0.308 e. The number of carbonyl (C=O) groups is 3. The van der Waals surface area contributed by atoms with Gasteiger partial charge in [-0.3, -0.25) is 14.4 Å². The molecule has 1 saturated carbocycles. The number of ether oxygens (including phenoxy) is 2. The van der Waals surface area contributed by atoms with Crippen molar-refractivity contribution in [1.82, 2.24) is 5.32 Å². The van der Waals surface area contributed by atoms with Crippen LogP contribution in [0.5, 0.6) is 5.75 Å². The van der Waals surface area contributed by atoms with Crippen LogP contribution >= 0.6 is 0 Å². The topological polar surface area (TPSA) is 109 Å². The fraction of sp³-hybridized carbons (Fsp3) is 0.524. The fourth-order valence-electron chi connectivity index (χ4n) is 3.67. The van der Waals surface area contributed by atoms with Crippen molar-refractivity contribution in [3.05, 3.63) is 24.3 Å². The normalized spacial score (nSPS) is 18.6. The van der Waals surface area contributed by atoms with Gasteiger partial charge in [0.2, 0.25) is 0 Å². The van der Waals surface area contributed by atoms with Crippen LogP contribution in [0.1, 0.15) is 45.4 Å². The van der Waals surface area contributed by atoms with Crippen molar-refractivity contribution < 1.29 is 23.9 Å². The predicted octanol–water partition coefficient (Wildman–Crippen LogP) is 2.08. The monoisotopic (exact) mass is 399 g/mol. The lowest BCUT2D eigenvalue weighted by molar-refractivity contribution is -0.155. The Morgan fingerprint density at radius 2 is 2.03 bits per heavy atom. The van der Waals surface area contributed by atoms with E-state index in [0.717, 1.165) is 19.3 Å². The molecule has 0 aromatic heterocycles. The second-order valence-electron chi connectivity index (χ2n) is 7.43. The molecular weight excluding hydrogens is 374 g/mol. The van der Waals surface area contributed by atoms with Gasteiger partial charge in [0.1, 0.15) is 11.3 Å². The maximum Gasteiger partial charge on any atom is 0.308 e. The van der Waals surface area contributed by atoms with Gasteiger partial charge in [-0.25, -0.2) is 0 Å². The molecular formula is C21H25N3O5. The molecule has 1 fully saturated rings. The fourth-order valence-corrected chi connectivity index (χ4v) is 3.67. The Kier molecular flexibility index (Phi) is 6.37. The highest BCUT2D eigenvalue weighted by molar-refractivity contribution is 5.98. The zero-order chi connectivity index (χ0) is 20.9. The number of hydrogen-bond donors (Lipinski definition) is 1. The van der Waals surface area contributed by atoms with Crippen LogP contribution < -0.4 is 15.0 Å².